The Bertz CT molecular complexity index is 535. The molecular formula is C17H29IN4O3. The highest BCUT2D eigenvalue weighted by molar-refractivity contribution is 14.0. The van der Waals surface area contributed by atoms with Gasteiger partial charge in [-0.1, -0.05) is 26.0 Å². The summed E-state index contributed by atoms with van der Waals surface area (Å²) in [6, 6.07) is 6.48. The largest absolute Gasteiger partial charge is 0.378 e. The third-order valence-electron chi connectivity index (χ3n) is 3.68. The molecule has 0 aliphatic carbocycles. The minimum absolute atomic E-state index is 0. The number of nitro benzene ring substituents is 1. The van der Waals surface area contributed by atoms with Crippen LogP contribution >= 0.6 is 24.0 Å². The molecule has 0 saturated heterocycles. The average molecular weight is 464 g/mol. The van der Waals surface area contributed by atoms with E-state index >= 15 is 0 Å². The summed E-state index contributed by atoms with van der Waals surface area (Å²) < 4.78 is 5.72. The number of hydrogen-bond donors (Lipinski definition) is 2. The monoisotopic (exact) mass is 464 g/mol. The molecule has 0 heterocycles. The number of nitro groups is 1. The lowest BCUT2D eigenvalue weighted by Crippen LogP contribution is -2.38. The van der Waals surface area contributed by atoms with Crippen molar-refractivity contribution in [3.05, 3.63) is 39.9 Å². The summed E-state index contributed by atoms with van der Waals surface area (Å²) >= 11 is 0. The van der Waals surface area contributed by atoms with Gasteiger partial charge in [-0.2, -0.15) is 0 Å². The number of ether oxygens (including phenoxy) is 1. The van der Waals surface area contributed by atoms with Crippen LogP contribution in [-0.2, 0) is 11.3 Å². The zero-order chi connectivity index (χ0) is 17.9. The van der Waals surface area contributed by atoms with Crippen molar-refractivity contribution in [2.24, 2.45) is 10.9 Å². The first-order valence-corrected chi connectivity index (χ1v) is 8.27. The minimum Gasteiger partial charge on any atom is -0.378 e. The van der Waals surface area contributed by atoms with Gasteiger partial charge in [0.15, 0.2) is 5.96 Å². The van der Waals surface area contributed by atoms with Gasteiger partial charge >= 0.3 is 0 Å². The number of hydrogen-bond acceptors (Lipinski definition) is 4. The van der Waals surface area contributed by atoms with E-state index in [1.54, 1.807) is 19.2 Å². The summed E-state index contributed by atoms with van der Waals surface area (Å²) in [5.74, 6) is 1.18. The van der Waals surface area contributed by atoms with Gasteiger partial charge in [-0.05, 0) is 24.8 Å². The van der Waals surface area contributed by atoms with Gasteiger partial charge < -0.3 is 15.4 Å². The normalized spacial score (nSPS) is 12.4. The third kappa shape index (κ3) is 9.01. The zero-order valence-corrected chi connectivity index (χ0v) is 17.7. The number of halogens is 1. The highest BCUT2D eigenvalue weighted by atomic mass is 127. The molecular weight excluding hydrogens is 435 g/mol. The SMILES string of the molecule is CCOC(CCNC(=NC)NCc1ccc([N+](=O)[O-])cc1)C(C)C.I. The summed E-state index contributed by atoms with van der Waals surface area (Å²) in [5.41, 5.74) is 1.05. The minimum atomic E-state index is -0.402. The Kier molecular flexibility index (Phi) is 12.1. The van der Waals surface area contributed by atoms with Gasteiger partial charge in [-0.25, -0.2) is 0 Å². The zero-order valence-electron chi connectivity index (χ0n) is 15.3. The molecule has 0 fully saturated rings. The molecule has 0 spiro atoms. The molecule has 0 amide bonds. The van der Waals surface area contributed by atoms with Gasteiger partial charge in [0.1, 0.15) is 0 Å². The van der Waals surface area contributed by atoms with Crippen molar-refractivity contribution in [1.29, 1.82) is 0 Å². The first-order chi connectivity index (χ1) is 11.5. The first kappa shape index (κ1) is 23.6. The molecule has 0 bridgehead atoms. The molecule has 1 aromatic rings. The standard InChI is InChI=1S/C17H28N4O3.HI/c1-5-24-16(13(2)3)10-11-19-17(18-4)20-12-14-6-8-15(9-7-14)21(22)23;/h6-9,13,16H,5,10-12H2,1-4H3,(H2,18,19,20);1H. The van der Waals surface area contributed by atoms with Crippen molar-refractivity contribution in [2.75, 3.05) is 20.2 Å². The predicted molar refractivity (Wildman–Crippen MR) is 112 cm³/mol. The van der Waals surface area contributed by atoms with Gasteiger partial charge in [-0.15, -0.1) is 24.0 Å². The Labute approximate surface area is 166 Å². The van der Waals surface area contributed by atoms with Crippen LogP contribution in [0.25, 0.3) is 0 Å². The highest BCUT2D eigenvalue weighted by Gasteiger charge is 2.13. The highest BCUT2D eigenvalue weighted by Crippen LogP contribution is 2.12. The van der Waals surface area contributed by atoms with Crippen molar-refractivity contribution in [3.8, 4) is 0 Å². The van der Waals surface area contributed by atoms with Gasteiger partial charge in [0.25, 0.3) is 5.69 Å². The Balaban J connectivity index is 0.00000576. The quantitative estimate of drug-likeness (QED) is 0.193. The molecule has 1 unspecified atom stereocenters. The lowest BCUT2D eigenvalue weighted by atomic mass is 10.0. The van der Waals surface area contributed by atoms with Crippen LogP contribution < -0.4 is 10.6 Å². The molecule has 25 heavy (non-hydrogen) atoms. The van der Waals surface area contributed by atoms with Gasteiger partial charge in [0, 0.05) is 38.9 Å². The number of nitrogens with zero attached hydrogens (tertiary/aromatic N) is 2. The van der Waals surface area contributed by atoms with Crippen LogP contribution in [0, 0.1) is 16.0 Å². The van der Waals surface area contributed by atoms with Crippen molar-refractivity contribution in [3.63, 3.8) is 0 Å². The molecule has 0 radical (unpaired) electrons. The molecule has 0 aliphatic heterocycles. The second kappa shape index (κ2) is 12.9. The van der Waals surface area contributed by atoms with Crippen LogP contribution in [0.2, 0.25) is 0 Å². The molecule has 8 heteroatoms. The van der Waals surface area contributed by atoms with Crippen LogP contribution in [0.1, 0.15) is 32.8 Å². The molecule has 2 N–H and O–H groups in total. The predicted octanol–water partition coefficient (Wildman–Crippen LogP) is 3.33. The number of non-ortho nitro benzene ring substituents is 1. The Hall–Kier alpha value is -1.42. The molecule has 0 saturated carbocycles. The Morgan fingerprint density at radius 1 is 1.28 bits per heavy atom. The third-order valence-corrected chi connectivity index (χ3v) is 3.68. The molecule has 1 atom stereocenters. The number of guanidine groups is 1. The maximum absolute atomic E-state index is 10.6. The van der Waals surface area contributed by atoms with Crippen molar-refractivity contribution in [2.45, 2.75) is 39.8 Å². The van der Waals surface area contributed by atoms with Gasteiger partial charge in [0.05, 0.1) is 11.0 Å². The van der Waals surface area contributed by atoms with E-state index in [0.29, 0.717) is 18.4 Å². The van der Waals surface area contributed by atoms with E-state index in [1.807, 2.05) is 6.92 Å². The number of rotatable bonds is 9. The van der Waals surface area contributed by atoms with Crippen LogP contribution in [0.15, 0.2) is 29.3 Å². The Morgan fingerprint density at radius 2 is 1.92 bits per heavy atom. The van der Waals surface area contributed by atoms with Crippen molar-refractivity contribution < 1.29 is 9.66 Å². The summed E-state index contributed by atoms with van der Waals surface area (Å²) in [4.78, 5) is 14.4. The maximum Gasteiger partial charge on any atom is 0.269 e. The van der Waals surface area contributed by atoms with Gasteiger partial charge in [-0.3, -0.25) is 15.1 Å². The number of aliphatic imine (C=N–C) groups is 1. The van der Waals surface area contributed by atoms with E-state index in [-0.39, 0.29) is 35.8 Å². The second-order valence-corrected chi connectivity index (χ2v) is 5.80. The van der Waals surface area contributed by atoms with Gasteiger partial charge in [0.2, 0.25) is 0 Å². The van der Waals surface area contributed by atoms with Crippen LogP contribution in [0.4, 0.5) is 5.69 Å². The molecule has 7 nitrogen and oxygen atoms in total. The lowest BCUT2D eigenvalue weighted by Gasteiger charge is -2.21. The summed E-state index contributed by atoms with van der Waals surface area (Å²) in [5, 5.41) is 17.1. The topological polar surface area (TPSA) is 88.8 Å². The number of nitrogens with one attached hydrogen (secondary N) is 2. The van der Waals surface area contributed by atoms with E-state index in [2.05, 4.69) is 29.5 Å². The molecule has 1 rings (SSSR count). The smallest absolute Gasteiger partial charge is 0.269 e. The van der Waals surface area contributed by atoms with Crippen molar-refractivity contribution >= 4 is 35.6 Å². The summed E-state index contributed by atoms with van der Waals surface area (Å²) in [7, 11) is 1.72. The van der Waals surface area contributed by atoms with Crippen LogP contribution in [0.3, 0.4) is 0 Å². The lowest BCUT2D eigenvalue weighted by molar-refractivity contribution is -0.384. The van der Waals surface area contributed by atoms with E-state index in [0.717, 1.165) is 25.1 Å². The molecule has 0 aliphatic rings. The van der Waals surface area contributed by atoms with Crippen molar-refractivity contribution in [1.82, 2.24) is 10.6 Å². The molecule has 0 aromatic heterocycles. The fraction of sp³-hybridized carbons (Fsp3) is 0.588. The summed E-state index contributed by atoms with van der Waals surface area (Å²) in [6.07, 6.45) is 1.14. The average Bonchev–Trinajstić information content (AvgIpc) is 2.57. The first-order valence-electron chi connectivity index (χ1n) is 8.27. The van der Waals surface area contributed by atoms with E-state index in [1.165, 1.54) is 12.1 Å². The maximum atomic E-state index is 10.6. The fourth-order valence-electron chi connectivity index (χ4n) is 2.30. The van der Waals surface area contributed by atoms with Crippen LogP contribution in [-0.4, -0.2) is 37.2 Å². The van der Waals surface area contributed by atoms with E-state index < -0.39 is 4.92 Å². The molecule has 142 valence electrons. The fourth-order valence-corrected chi connectivity index (χ4v) is 2.30. The van der Waals surface area contributed by atoms with E-state index in [9.17, 15) is 10.1 Å². The molecule has 1 aromatic carbocycles. The summed E-state index contributed by atoms with van der Waals surface area (Å²) in [6.45, 7) is 8.35. The number of benzene rings is 1. The van der Waals surface area contributed by atoms with Crippen LogP contribution in [0.5, 0.6) is 0 Å². The second-order valence-electron chi connectivity index (χ2n) is 5.80. The van der Waals surface area contributed by atoms with E-state index in [4.69, 9.17) is 4.74 Å². The Morgan fingerprint density at radius 3 is 2.40 bits per heavy atom.